The summed E-state index contributed by atoms with van der Waals surface area (Å²) in [5.41, 5.74) is 0.799. The lowest BCUT2D eigenvalue weighted by Gasteiger charge is -2.23. The van der Waals surface area contributed by atoms with Crippen LogP contribution in [0.4, 0.5) is 0 Å². The summed E-state index contributed by atoms with van der Waals surface area (Å²) in [4.78, 5) is 4.07. The van der Waals surface area contributed by atoms with Crippen LogP contribution >= 0.6 is 11.6 Å². The van der Waals surface area contributed by atoms with Crippen molar-refractivity contribution in [3.05, 3.63) is 23.0 Å². The Morgan fingerprint density at radius 2 is 2.43 bits per heavy atom. The second-order valence-electron chi connectivity index (χ2n) is 3.13. The summed E-state index contributed by atoms with van der Waals surface area (Å²) in [6.45, 7) is 2.13. The van der Waals surface area contributed by atoms with Gasteiger partial charge in [0.2, 0.25) is 0 Å². The van der Waals surface area contributed by atoms with Crippen molar-refractivity contribution in [2.75, 3.05) is 19.8 Å². The summed E-state index contributed by atoms with van der Waals surface area (Å²) in [5, 5.41) is 12.6. The van der Waals surface area contributed by atoms with Gasteiger partial charge in [-0.2, -0.15) is 0 Å². The van der Waals surface area contributed by atoms with Crippen LogP contribution in [0.15, 0.2) is 12.1 Å². The molecule has 2 N–H and O–H groups in total. The molecule has 76 valence electrons. The maximum absolute atomic E-state index is 9.20. The van der Waals surface area contributed by atoms with Crippen molar-refractivity contribution in [1.29, 1.82) is 0 Å². The highest BCUT2D eigenvalue weighted by atomic mass is 35.5. The Bertz CT molecular complexity index is 327. The normalized spacial score (nSPS) is 22.2. The molecule has 1 aromatic rings. The van der Waals surface area contributed by atoms with E-state index in [-0.39, 0.29) is 16.9 Å². The summed E-state index contributed by atoms with van der Waals surface area (Å²) >= 11 is 5.70. The molecule has 1 atom stereocenters. The number of morpholine rings is 1. The number of hydrogen-bond acceptors (Lipinski definition) is 4. The average Bonchev–Trinajstić information content (AvgIpc) is 2.23. The zero-order valence-electron chi connectivity index (χ0n) is 7.53. The van der Waals surface area contributed by atoms with Crippen LogP contribution in [-0.4, -0.2) is 29.8 Å². The molecule has 1 saturated heterocycles. The minimum atomic E-state index is 0.00662. The maximum Gasteiger partial charge on any atom is 0.171 e. The smallest absolute Gasteiger partial charge is 0.171 e. The van der Waals surface area contributed by atoms with E-state index in [1.807, 2.05) is 0 Å². The van der Waals surface area contributed by atoms with Crippen molar-refractivity contribution in [3.63, 3.8) is 0 Å². The lowest BCUT2D eigenvalue weighted by Crippen LogP contribution is -2.35. The van der Waals surface area contributed by atoms with Crippen LogP contribution in [0, 0.1) is 0 Å². The predicted molar refractivity (Wildman–Crippen MR) is 52.5 cm³/mol. The zero-order valence-corrected chi connectivity index (χ0v) is 8.29. The Kier molecular flexibility index (Phi) is 2.86. The molecule has 0 bridgehead atoms. The molecule has 0 aromatic carbocycles. The SMILES string of the molecule is Oc1ccc([C@@H]2COCCN2)nc1Cl. The molecule has 0 radical (unpaired) electrons. The van der Waals surface area contributed by atoms with E-state index in [1.165, 1.54) is 0 Å². The van der Waals surface area contributed by atoms with E-state index in [0.29, 0.717) is 6.61 Å². The quantitative estimate of drug-likeness (QED) is 0.688. The molecule has 1 fully saturated rings. The summed E-state index contributed by atoms with van der Waals surface area (Å²) in [6.07, 6.45) is 0. The summed E-state index contributed by atoms with van der Waals surface area (Å²) < 4.78 is 5.30. The van der Waals surface area contributed by atoms with Gasteiger partial charge in [-0.15, -0.1) is 0 Å². The van der Waals surface area contributed by atoms with Crippen LogP contribution in [0.25, 0.3) is 0 Å². The predicted octanol–water partition coefficient (Wildman–Crippen LogP) is 1.10. The Labute approximate surface area is 86.9 Å². The first kappa shape index (κ1) is 9.71. The molecule has 14 heavy (non-hydrogen) atoms. The van der Waals surface area contributed by atoms with Gasteiger partial charge < -0.3 is 15.2 Å². The van der Waals surface area contributed by atoms with Crippen molar-refractivity contribution in [3.8, 4) is 5.75 Å². The molecule has 0 unspecified atom stereocenters. The van der Waals surface area contributed by atoms with E-state index in [1.54, 1.807) is 12.1 Å². The highest BCUT2D eigenvalue weighted by Crippen LogP contribution is 2.23. The topological polar surface area (TPSA) is 54.4 Å². The van der Waals surface area contributed by atoms with Gasteiger partial charge in [0.15, 0.2) is 10.9 Å². The van der Waals surface area contributed by atoms with Gasteiger partial charge in [0.1, 0.15) is 0 Å². The Balaban J connectivity index is 2.18. The van der Waals surface area contributed by atoms with Gasteiger partial charge >= 0.3 is 0 Å². The van der Waals surface area contributed by atoms with Gasteiger partial charge in [-0.3, -0.25) is 0 Å². The number of halogens is 1. The van der Waals surface area contributed by atoms with E-state index in [9.17, 15) is 5.11 Å². The molecule has 0 saturated carbocycles. The summed E-state index contributed by atoms with van der Waals surface area (Å²) in [5.74, 6) is 0.00662. The van der Waals surface area contributed by atoms with Crippen molar-refractivity contribution < 1.29 is 9.84 Å². The van der Waals surface area contributed by atoms with E-state index in [0.717, 1.165) is 18.8 Å². The molecular weight excluding hydrogens is 204 g/mol. The first-order chi connectivity index (χ1) is 6.77. The van der Waals surface area contributed by atoms with Gasteiger partial charge in [-0.25, -0.2) is 4.98 Å². The number of pyridine rings is 1. The van der Waals surface area contributed by atoms with Crippen LogP contribution in [-0.2, 0) is 4.74 Å². The van der Waals surface area contributed by atoms with Crippen LogP contribution < -0.4 is 5.32 Å². The second-order valence-corrected chi connectivity index (χ2v) is 3.49. The fourth-order valence-electron chi connectivity index (χ4n) is 1.39. The molecule has 2 rings (SSSR count). The monoisotopic (exact) mass is 214 g/mol. The minimum Gasteiger partial charge on any atom is -0.505 e. The standard InChI is InChI=1S/C9H11ClN2O2/c10-9-8(13)2-1-6(12-9)7-5-14-4-3-11-7/h1-2,7,11,13H,3-5H2/t7-/m0/s1. The van der Waals surface area contributed by atoms with E-state index < -0.39 is 0 Å². The lowest BCUT2D eigenvalue weighted by molar-refractivity contribution is 0.0756. The van der Waals surface area contributed by atoms with Crippen molar-refractivity contribution in [2.45, 2.75) is 6.04 Å². The number of rotatable bonds is 1. The zero-order chi connectivity index (χ0) is 9.97. The third-order valence-electron chi connectivity index (χ3n) is 2.13. The number of nitrogens with one attached hydrogen (secondary N) is 1. The highest BCUT2D eigenvalue weighted by molar-refractivity contribution is 6.30. The molecule has 0 amide bonds. The minimum absolute atomic E-state index is 0.00662. The maximum atomic E-state index is 9.20. The molecular formula is C9H11ClN2O2. The van der Waals surface area contributed by atoms with E-state index in [4.69, 9.17) is 16.3 Å². The molecule has 5 heteroatoms. The number of hydrogen-bond donors (Lipinski definition) is 2. The summed E-state index contributed by atoms with van der Waals surface area (Å²) in [6, 6.07) is 3.36. The van der Waals surface area contributed by atoms with Gasteiger partial charge in [-0.05, 0) is 12.1 Å². The first-order valence-electron chi connectivity index (χ1n) is 4.44. The molecule has 2 heterocycles. The molecule has 1 aliphatic rings. The molecule has 4 nitrogen and oxygen atoms in total. The van der Waals surface area contributed by atoms with Crippen molar-refractivity contribution in [1.82, 2.24) is 10.3 Å². The highest BCUT2D eigenvalue weighted by Gasteiger charge is 2.17. The van der Waals surface area contributed by atoms with Gasteiger partial charge in [0, 0.05) is 6.54 Å². The van der Waals surface area contributed by atoms with Gasteiger partial charge in [0.05, 0.1) is 24.9 Å². The molecule has 0 aliphatic carbocycles. The third kappa shape index (κ3) is 1.97. The van der Waals surface area contributed by atoms with E-state index in [2.05, 4.69) is 10.3 Å². The van der Waals surface area contributed by atoms with Crippen LogP contribution in [0.1, 0.15) is 11.7 Å². The van der Waals surface area contributed by atoms with Crippen LogP contribution in [0.3, 0.4) is 0 Å². The molecule has 1 aromatic heterocycles. The van der Waals surface area contributed by atoms with Crippen molar-refractivity contribution >= 4 is 11.6 Å². The number of ether oxygens (including phenoxy) is 1. The number of nitrogens with zero attached hydrogens (tertiary/aromatic N) is 1. The Morgan fingerprint density at radius 3 is 3.07 bits per heavy atom. The average molecular weight is 215 g/mol. The fraction of sp³-hybridized carbons (Fsp3) is 0.444. The first-order valence-corrected chi connectivity index (χ1v) is 4.81. The second kappa shape index (κ2) is 4.13. The third-order valence-corrected chi connectivity index (χ3v) is 2.41. The van der Waals surface area contributed by atoms with Crippen molar-refractivity contribution in [2.24, 2.45) is 0 Å². The Morgan fingerprint density at radius 1 is 1.57 bits per heavy atom. The van der Waals surface area contributed by atoms with E-state index >= 15 is 0 Å². The van der Waals surface area contributed by atoms with Gasteiger partial charge in [0.25, 0.3) is 0 Å². The fourth-order valence-corrected chi connectivity index (χ4v) is 1.55. The van der Waals surface area contributed by atoms with Crippen LogP contribution in [0.5, 0.6) is 5.75 Å². The molecule has 0 spiro atoms. The number of aromatic hydroxyl groups is 1. The molecule has 1 aliphatic heterocycles. The lowest BCUT2D eigenvalue weighted by atomic mass is 10.2. The van der Waals surface area contributed by atoms with Gasteiger partial charge in [-0.1, -0.05) is 11.6 Å². The summed E-state index contributed by atoms with van der Waals surface area (Å²) in [7, 11) is 0. The largest absolute Gasteiger partial charge is 0.505 e. The van der Waals surface area contributed by atoms with Crippen LogP contribution in [0.2, 0.25) is 5.15 Å². The Hall–Kier alpha value is -0.840. The number of aromatic nitrogens is 1.